The van der Waals surface area contributed by atoms with Crippen LogP contribution in [0.15, 0.2) is 52.0 Å². The Labute approximate surface area is 163 Å². The van der Waals surface area contributed by atoms with Gasteiger partial charge in [0.25, 0.3) is 5.91 Å². The number of H-pyrrole nitrogens is 1. The number of hydrogen-bond donors (Lipinski definition) is 2. The fourth-order valence-electron chi connectivity index (χ4n) is 3.08. The number of anilines is 1. The highest BCUT2D eigenvalue weighted by atomic mass is 16.5. The largest absolute Gasteiger partial charge is 0.364 e. The molecule has 0 bridgehead atoms. The van der Waals surface area contributed by atoms with Crippen LogP contribution in [0.5, 0.6) is 0 Å². The average molecular weight is 380 g/mol. The summed E-state index contributed by atoms with van der Waals surface area (Å²) < 4.78 is 4.91. The number of benzene rings is 1. The van der Waals surface area contributed by atoms with Crippen molar-refractivity contribution < 1.29 is 9.32 Å². The fourth-order valence-corrected chi connectivity index (χ4v) is 3.08. The molecule has 7 nitrogen and oxygen atoms in total. The summed E-state index contributed by atoms with van der Waals surface area (Å²) in [5, 5.41) is 6.86. The minimum absolute atomic E-state index is 0.118. The molecule has 0 radical (unpaired) electrons. The van der Waals surface area contributed by atoms with Gasteiger partial charge in [0.1, 0.15) is 12.0 Å². The molecule has 0 unspecified atom stereocenters. The molecule has 146 valence electrons. The molecule has 1 atom stereocenters. The predicted molar refractivity (Wildman–Crippen MR) is 107 cm³/mol. The van der Waals surface area contributed by atoms with E-state index in [-0.39, 0.29) is 17.5 Å². The lowest BCUT2D eigenvalue weighted by molar-refractivity contribution is 0.102. The van der Waals surface area contributed by atoms with Crippen molar-refractivity contribution >= 4 is 11.6 Å². The first-order valence-electron chi connectivity index (χ1n) is 9.06. The van der Waals surface area contributed by atoms with Gasteiger partial charge in [0.05, 0.1) is 11.7 Å². The number of nitrogens with zero attached hydrogens (tertiary/aromatic N) is 2. The third kappa shape index (κ3) is 4.37. The van der Waals surface area contributed by atoms with Crippen LogP contribution < -0.4 is 10.9 Å². The van der Waals surface area contributed by atoms with Crippen molar-refractivity contribution in [2.45, 2.75) is 33.4 Å². The molecule has 3 rings (SSSR count). The first-order chi connectivity index (χ1) is 13.3. The van der Waals surface area contributed by atoms with Crippen LogP contribution in [0.25, 0.3) is 0 Å². The summed E-state index contributed by atoms with van der Waals surface area (Å²) in [4.78, 5) is 28.9. The van der Waals surface area contributed by atoms with Crippen LogP contribution in [0, 0.1) is 13.8 Å². The summed E-state index contributed by atoms with van der Waals surface area (Å²) in [5.41, 5.74) is 4.35. The molecule has 0 spiro atoms. The predicted octanol–water partition coefficient (Wildman–Crippen LogP) is 3.43. The van der Waals surface area contributed by atoms with E-state index in [0.717, 1.165) is 16.8 Å². The Hall–Kier alpha value is -3.19. The molecule has 0 aliphatic carbocycles. The fraction of sp³-hybridized carbons (Fsp3) is 0.286. The van der Waals surface area contributed by atoms with E-state index in [1.165, 1.54) is 6.07 Å². The minimum Gasteiger partial charge on any atom is -0.364 e. The maximum Gasteiger partial charge on any atom is 0.255 e. The number of rotatable bonds is 6. The highest BCUT2D eigenvalue weighted by Crippen LogP contribution is 2.20. The van der Waals surface area contributed by atoms with Gasteiger partial charge >= 0.3 is 0 Å². The normalized spacial score (nSPS) is 12.2. The maximum absolute atomic E-state index is 12.6. The first kappa shape index (κ1) is 19.6. The van der Waals surface area contributed by atoms with Crippen LogP contribution in [0.4, 0.5) is 5.69 Å². The van der Waals surface area contributed by atoms with Crippen molar-refractivity contribution in [2.24, 2.45) is 0 Å². The zero-order valence-corrected chi connectivity index (χ0v) is 16.4. The number of amides is 1. The lowest BCUT2D eigenvalue weighted by Crippen LogP contribution is -2.22. The van der Waals surface area contributed by atoms with Gasteiger partial charge in [0.2, 0.25) is 5.56 Å². The summed E-state index contributed by atoms with van der Waals surface area (Å²) in [6.45, 7) is 6.34. The van der Waals surface area contributed by atoms with Gasteiger partial charge in [-0.3, -0.25) is 14.5 Å². The number of carbonyl (C=O) groups is 1. The number of aryl methyl sites for hydroxylation is 2. The van der Waals surface area contributed by atoms with Crippen molar-refractivity contribution in [1.82, 2.24) is 15.0 Å². The standard InChI is InChI=1S/C21H24N4O3/c1-13-11-19(26)22-14(2)20(13)23-21(27)17-7-5-16(6-8-17)12-25(4)15(3)18-9-10-28-24-18/h5-11,15H,12H2,1-4H3,(H,22,26)(H,23,27)/t15-/m1/s1. The quantitative estimate of drug-likeness (QED) is 0.684. The van der Waals surface area contributed by atoms with E-state index in [1.54, 1.807) is 32.2 Å². The van der Waals surface area contributed by atoms with Crippen molar-refractivity contribution in [1.29, 1.82) is 0 Å². The Morgan fingerprint density at radius 1 is 1.25 bits per heavy atom. The molecule has 1 amide bonds. The van der Waals surface area contributed by atoms with E-state index < -0.39 is 0 Å². The van der Waals surface area contributed by atoms with Crippen LogP contribution in [0.2, 0.25) is 0 Å². The lowest BCUT2D eigenvalue weighted by atomic mass is 10.1. The zero-order chi connectivity index (χ0) is 20.3. The molecule has 0 saturated heterocycles. The first-order valence-corrected chi connectivity index (χ1v) is 9.06. The third-order valence-electron chi connectivity index (χ3n) is 4.86. The Morgan fingerprint density at radius 3 is 2.57 bits per heavy atom. The Bertz CT molecular complexity index is 981. The van der Waals surface area contributed by atoms with E-state index in [0.29, 0.717) is 23.5 Å². The highest BCUT2D eigenvalue weighted by molar-refractivity contribution is 6.04. The Morgan fingerprint density at radius 2 is 1.96 bits per heavy atom. The van der Waals surface area contributed by atoms with Gasteiger partial charge in [-0.1, -0.05) is 17.3 Å². The Balaban J connectivity index is 1.67. The zero-order valence-electron chi connectivity index (χ0n) is 16.4. The minimum atomic E-state index is -0.214. The van der Waals surface area contributed by atoms with Crippen LogP contribution in [-0.4, -0.2) is 28.0 Å². The SMILES string of the molecule is Cc1cc(=O)[nH]c(C)c1NC(=O)c1ccc(CN(C)[C@H](C)c2ccon2)cc1. The summed E-state index contributed by atoms with van der Waals surface area (Å²) in [7, 11) is 2.02. The molecule has 0 aliphatic heterocycles. The number of nitrogens with one attached hydrogen (secondary N) is 2. The summed E-state index contributed by atoms with van der Waals surface area (Å²) >= 11 is 0. The van der Waals surface area contributed by atoms with Crippen LogP contribution in [0.3, 0.4) is 0 Å². The number of aromatic amines is 1. The van der Waals surface area contributed by atoms with Crippen LogP contribution >= 0.6 is 0 Å². The maximum atomic E-state index is 12.6. The van der Waals surface area contributed by atoms with Crippen molar-refractivity contribution in [2.75, 3.05) is 12.4 Å². The second-order valence-corrected chi connectivity index (χ2v) is 6.98. The Kier molecular flexibility index (Phi) is 5.75. The van der Waals surface area contributed by atoms with E-state index in [1.807, 2.05) is 25.2 Å². The summed E-state index contributed by atoms with van der Waals surface area (Å²) in [6.07, 6.45) is 1.57. The van der Waals surface area contributed by atoms with Gasteiger partial charge in [-0.05, 0) is 51.1 Å². The number of pyridine rings is 1. The van der Waals surface area contributed by atoms with Crippen LogP contribution in [0.1, 0.15) is 45.8 Å². The second kappa shape index (κ2) is 8.22. The third-order valence-corrected chi connectivity index (χ3v) is 4.86. The van der Waals surface area contributed by atoms with Gasteiger partial charge in [-0.2, -0.15) is 0 Å². The van der Waals surface area contributed by atoms with E-state index in [4.69, 9.17) is 4.52 Å². The number of hydrogen-bond acceptors (Lipinski definition) is 5. The van der Waals surface area contributed by atoms with E-state index in [9.17, 15) is 9.59 Å². The van der Waals surface area contributed by atoms with Gasteiger partial charge in [0.15, 0.2) is 0 Å². The van der Waals surface area contributed by atoms with Crippen molar-refractivity contribution in [3.8, 4) is 0 Å². The van der Waals surface area contributed by atoms with E-state index in [2.05, 4.69) is 27.3 Å². The van der Waals surface area contributed by atoms with Crippen molar-refractivity contribution in [3.05, 3.63) is 81.1 Å². The average Bonchev–Trinajstić information content (AvgIpc) is 3.19. The van der Waals surface area contributed by atoms with Crippen molar-refractivity contribution in [3.63, 3.8) is 0 Å². The lowest BCUT2D eigenvalue weighted by Gasteiger charge is -2.22. The van der Waals surface area contributed by atoms with Crippen LogP contribution in [-0.2, 0) is 6.54 Å². The number of carbonyl (C=O) groups excluding carboxylic acids is 1. The molecule has 3 aromatic rings. The monoisotopic (exact) mass is 380 g/mol. The second-order valence-electron chi connectivity index (χ2n) is 6.98. The molecule has 2 heterocycles. The van der Waals surface area contributed by atoms with E-state index >= 15 is 0 Å². The molecule has 2 aromatic heterocycles. The topological polar surface area (TPSA) is 91.2 Å². The number of aromatic nitrogens is 2. The smallest absolute Gasteiger partial charge is 0.255 e. The highest BCUT2D eigenvalue weighted by Gasteiger charge is 2.15. The summed E-state index contributed by atoms with van der Waals surface area (Å²) in [5.74, 6) is -0.214. The molecule has 28 heavy (non-hydrogen) atoms. The molecule has 0 aliphatic rings. The molecule has 0 saturated carbocycles. The summed E-state index contributed by atoms with van der Waals surface area (Å²) in [6, 6.07) is 10.9. The molecule has 2 N–H and O–H groups in total. The molecular formula is C21H24N4O3. The molecular weight excluding hydrogens is 356 g/mol. The molecule has 7 heteroatoms. The molecule has 0 fully saturated rings. The van der Waals surface area contributed by atoms with Gasteiger partial charge in [-0.15, -0.1) is 0 Å². The van der Waals surface area contributed by atoms with Gasteiger partial charge < -0.3 is 14.8 Å². The van der Waals surface area contributed by atoms with Gasteiger partial charge in [-0.25, -0.2) is 0 Å². The van der Waals surface area contributed by atoms with Gasteiger partial charge in [0, 0.05) is 29.9 Å². The molecule has 1 aromatic carbocycles.